The fourth-order valence-electron chi connectivity index (χ4n) is 1.82. The second-order valence-corrected chi connectivity index (χ2v) is 3.65. The van der Waals surface area contributed by atoms with Gasteiger partial charge in [0, 0.05) is 5.92 Å². The average Bonchev–Trinajstić information content (AvgIpc) is 2.87. The molecule has 1 aromatic heterocycles. The van der Waals surface area contributed by atoms with E-state index in [4.69, 9.17) is 5.73 Å². The molecule has 5 nitrogen and oxygen atoms in total. The number of hydrogen-bond acceptors (Lipinski definition) is 3. The number of H-pyrrole nitrogens is 1. The van der Waals surface area contributed by atoms with E-state index in [1.165, 1.54) is 32.0 Å². The number of amidine groups is 1. The minimum absolute atomic E-state index is 0.498. The van der Waals surface area contributed by atoms with Crippen molar-refractivity contribution in [1.82, 2.24) is 15.2 Å². The first-order valence-corrected chi connectivity index (χ1v) is 5.00. The Kier molecular flexibility index (Phi) is 2.76. The van der Waals surface area contributed by atoms with Crippen LogP contribution < -0.4 is 5.73 Å². The van der Waals surface area contributed by atoms with Crippen LogP contribution in [-0.4, -0.2) is 21.0 Å². The van der Waals surface area contributed by atoms with Gasteiger partial charge in [-0.25, -0.2) is 4.98 Å². The van der Waals surface area contributed by atoms with Crippen LogP contribution in [0, 0.1) is 5.92 Å². The molecule has 0 atom stereocenters. The van der Waals surface area contributed by atoms with Gasteiger partial charge in [0.05, 0.1) is 5.84 Å². The Morgan fingerprint density at radius 1 is 1.57 bits per heavy atom. The Hall–Kier alpha value is -1.39. The molecular weight excluding hydrogens is 178 g/mol. The molecule has 0 saturated heterocycles. The molecule has 2 rings (SSSR count). The summed E-state index contributed by atoms with van der Waals surface area (Å²) >= 11 is 0. The minimum atomic E-state index is 0.498. The lowest BCUT2D eigenvalue weighted by Gasteiger charge is -2.06. The molecule has 0 unspecified atom stereocenters. The molecule has 1 aromatic rings. The zero-order valence-electron chi connectivity index (χ0n) is 8.11. The third-order valence-corrected chi connectivity index (χ3v) is 2.65. The Balaban J connectivity index is 1.90. The molecule has 1 aliphatic carbocycles. The molecule has 0 aliphatic heterocycles. The summed E-state index contributed by atoms with van der Waals surface area (Å²) in [4.78, 5) is 8.29. The molecule has 1 fully saturated rings. The first-order valence-electron chi connectivity index (χ1n) is 5.00. The number of rotatable bonds is 3. The first-order chi connectivity index (χ1) is 6.86. The SMILES string of the molecule is NC(=NCc1ncn[nH]1)C1CCCC1. The molecule has 76 valence electrons. The lowest BCUT2D eigenvalue weighted by Crippen LogP contribution is -2.21. The number of aromatic nitrogens is 3. The maximum Gasteiger partial charge on any atom is 0.145 e. The Morgan fingerprint density at radius 2 is 2.36 bits per heavy atom. The number of aliphatic imine (C=N–C) groups is 1. The van der Waals surface area contributed by atoms with E-state index >= 15 is 0 Å². The molecular formula is C9H15N5. The van der Waals surface area contributed by atoms with Gasteiger partial charge >= 0.3 is 0 Å². The van der Waals surface area contributed by atoms with Crippen molar-refractivity contribution < 1.29 is 0 Å². The summed E-state index contributed by atoms with van der Waals surface area (Å²) in [6.07, 6.45) is 6.42. The summed E-state index contributed by atoms with van der Waals surface area (Å²) in [6.45, 7) is 0.516. The van der Waals surface area contributed by atoms with Crippen molar-refractivity contribution in [2.75, 3.05) is 0 Å². The maximum absolute atomic E-state index is 5.88. The molecule has 14 heavy (non-hydrogen) atoms. The topological polar surface area (TPSA) is 79.9 Å². The Bertz CT molecular complexity index is 297. The highest BCUT2D eigenvalue weighted by molar-refractivity contribution is 5.82. The summed E-state index contributed by atoms with van der Waals surface area (Å²) in [5.74, 6) is 2.04. The van der Waals surface area contributed by atoms with E-state index in [-0.39, 0.29) is 0 Å². The predicted molar refractivity (Wildman–Crippen MR) is 53.7 cm³/mol. The van der Waals surface area contributed by atoms with E-state index in [0.29, 0.717) is 12.5 Å². The summed E-state index contributed by atoms with van der Waals surface area (Å²) in [7, 11) is 0. The van der Waals surface area contributed by atoms with Gasteiger partial charge < -0.3 is 5.73 Å². The lowest BCUT2D eigenvalue weighted by molar-refractivity contribution is 0.713. The van der Waals surface area contributed by atoms with Gasteiger partial charge in [-0.3, -0.25) is 10.1 Å². The van der Waals surface area contributed by atoms with Crippen molar-refractivity contribution in [3.63, 3.8) is 0 Å². The highest BCUT2D eigenvalue weighted by atomic mass is 15.2. The second-order valence-electron chi connectivity index (χ2n) is 3.65. The summed E-state index contributed by atoms with van der Waals surface area (Å²) in [5, 5.41) is 6.51. The van der Waals surface area contributed by atoms with Gasteiger partial charge in [-0.15, -0.1) is 0 Å². The molecule has 0 aromatic carbocycles. The highest BCUT2D eigenvalue weighted by Gasteiger charge is 2.18. The third kappa shape index (κ3) is 2.10. The van der Waals surface area contributed by atoms with Crippen molar-refractivity contribution in [2.45, 2.75) is 32.2 Å². The largest absolute Gasteiger partial charge is 0.387 e. The number of nitrogens with one attached hydrogen (secondary N) is 1. The van der Waals surface area contributed by atoms with Crippen LogP contribution in [0.15, 0.2) is 11.3 Å². The molecule has 1 heterocycles. The quantitative estimate of drug-likeness (QED) is 0.551. The van der Waals surface area contributed by atoms with Crippen LogP contribution in [0.2, 0.25) is 0 Å². The van der Waals surface area contributed by atoms with Gasteiger partial charge in [0.1, 0.15) is 18.7 Å². The Labute approximate surface area is 82.8 Å². The fraction of sp³-hybridized carbons (Fsp3) is 0.667. The zero-order valence-corrected chi connectivity index (χ0v) is 8.11. The summed E-state index contributed by atoms with van der Waals surface area (Å²) < 4.78 is 0. The van der Waals surface area contributed by atoms with Crippen molar-refractivity contribution in [3.05, 3.63) is 12.2 Å². The number of hydrogen-bond donors (Lipinski definition) is 2. The van der Waals surface area contributed by atoms with E-state index in [1.54, 1.807) is 0 Å². The number of nitrogens with zero attached hydrogens (tertiary/aromatic N) is 3. The molecule has 1 saturated carbocycles. The molecule has 1 aliphatic rings. The molecule has 3 N–H and O–H groups in total. The Morgan fingerprint density at radius 3 is 3.00 bits per heavy atom. The molecule has 0 spiro atoms. The predicted octanol–water partition coefficient (Wildman–Crippen LogP) is 0.852. The lowest BCUT2D eigenvalue weighted by atomic mass is 10.1. The van der Waals surface area contributed by atoms with Gasteiger partial charge in [-0.1, -0.05) is 12.8 Å². The number of nitrogens with two attached hydrogens (primary N) is 1. The van der Waals surface area contributed by atoms with Crippen LogP contribution in [0.3, 0.4) is 0 Å². The highest BCUT2D eigenvalue weighted by Crippen LogP contribution is 2.24. The monoisotopic (exact) mass is 193 g/mol. The third-order valence-electron chi connectivity index (χ3n) is 2.65. The van der Waals surface area contributed by atoms with Gasteiger partial charge in [-0.2, -0.15) is 5.10 Å². The van der Waals surface area contributed by atoms with Gasteiger partial charge in [-0.05, 0) is 12.8 Å². The first kappa shape index (κ1) is 9.18. The average molecular weight is 193 g/mol. The summed E-state index contributed by atoms with van der Waals surface area (Å²) in [5.41, 5.74) is 5.88. The number of aromatic amines is 1. The maximum atomic E-state index is 5.88. The fourth-order valence-corrected chi connectivity index (χ4v) is 1.82. The van der Waals surface area contributed by atoms with Crippen molar-refractivity contribution in [3.8, 4) is 0 Å². The van der Waals surface area contributed by atoms with Crippen LogP contribution in [0.5, 0.6) is 0 Å². The van der Waals surface area contributed by atoms with Gasteiger partial charge in [0.2, 0.25) is 0 Å². The summed E-state index contributed by atoms with van der Waals surface area (Å²) in [6, 6.07) is 0. The second kappa shape index (κ2) is 4.21. The van der Waals surface area contributed by atoms with Crippen LogP contribution in [0.4, 0.5) is 0 Å². The molecule has 5 heteroatoms. The minimum Gasteiger partial charge on any atom is -0.387 e. The van der Waals surface area contributed by atoms with Crippen LogP contribution in [0.25, 0.3) is 0 Å². The smallest absolute Gasteiger partial charge is 0.145 e. The van der Waals surface area contributed by atoms with Crippen LogP contribution in [-0.2, 0) is 6.54 Å². The molecule has 0 bridgehead atoms. The van der Waals surface area contributed by atoms with Crippen molar-refractivity contribution >= 4 is 5.84 Å². The van der Waals surface area contributed by atoms with Crippen LogP contribution in [0.1, 0.15) is 31.5 Å². The van der Waals surface area contributed by atoms with Gasteiger partial charge in [0.15, 0.2) is 0 Å². The zero-order chi connectivity index (χ0) is 9.80. The van der Waals surface area contributed by atoms with E-state index in [0.717, 1.165) is 11.7 Å². The van der Waals surface area contributed by atoms with E-state index in [1.807, 2.05) is 0 Å². The van der Waals surface area contributed by atoms with Gasteiger partial charge in [0.25, 0.3) is 0 Å². The van der Waals surface area contributed by atoms with Crippen molar-refractivity contribution in [2.24, 2.45) is 16.6 Å². The van der Waals surface area contributed by atoms with Crippen LogP contribution >= 0.6 is 0 Å². The van der Waals surface area contributed by atoms with Crippen molar-refractivity contribution in [1.29, 1.82) is 0 Å². The normalized spacial score (nSPS) is 19.0. The molecule has 0 radical (unpaired) electrons. The van der Waals surface area contributed by atoms with E-state index < -0.39 is 0 Å². The van der Waals surface area contributed by atoms with E-state index in [2.05, 4.69) is 20.2 Å². The standard InChI is InChI=1S/C9H15N5/c10-9(7-3-1-2-4-7)11-5-8-12-6-13-14-8/h6-7H,1-5H2,(H2,10,11)(H,12,13,14). The molecule has 0 amide bonds. The van der Waals surface area contributed by atoms with E-state index in [9.17, 15) is 0 Å².